The summed E-state index contributed by atoms with van der Waals surface area (Å²) < 4.78 is 40.4. The summed E-state index contributed by atoms with van der Waals surface area (Å²) in [5.41, 5.74) is 0. The van der Waals surface area contributed by atoms with Crippen molar-refractivity contribution >= 4 is 15.9 Å². The average molecular weight is 383 g/mol. The smallest absolute Gasteiger partial charge is 0.245 e. The van der Waals surface area contributed by atoms with Crippen molar-refractivity contribution in [2.45, 2.75) is 49.6 Å². The Kier molecular flexibility index (Phi) is 5.94. The quantitative estimate of drug-likeness (QED) is 0.826. The van der Waals surface area contributed by atoms with Crippen LogP contribution in [0.25, 0.3) is 0 Å². The number of halogens is 1. The van der Waals surface area contributed by atoms with Gasteiger partial charge in [0.15, 0.2) is 0 Å². The second-order valence-corrected chi connectivity index (χ2v) is 9.02. The van der Waals surface area contributed by atoms with E-state index in [1.54, 1.807) is 0 Å². The Bertz CT molecular complexity index is 748. The fraction of sp³-hybridized carbons (Fsp3) is 0.611. The number of hydrogen-bond acceptors (Lipinski definition) is 4. The topological polar surface area (TPSA) is 78.5 Å². The van der Waals surface area contributed by atoms with Crippen LogP contribution in [0.1, 0.15) is 32.6 Å². The Morgan fingerprint density at radius 2 is 1.92 bits per heavy atom. The maximum absolute atomic E-state index is 13.9. The predicted octanol–water partition coefficient (Wildman–Crippen LogP) is 1.48. The van der Waals surface area contributed by atoms with Gasteiger partial charge in [0.25, 0.3) is 0 Å². The fourth-order valence-electron chi connectivity index (χ4n) is 3.69. The zero-order valence-electron chi connectivity index (χ0n) is 14.9. The summed E-state index contributed by atoms with van der Waals surface area (Å²) in [6.07, 6.45) is 2.90. The SMILES string of the molecule is CC1NCCCC1NC(=O)C1CCN(S(=O)(=O)c2ccccc2F)CC1. The minimum Gasteiger partial charge on any atom is -0.352 e. The molecule has 0 saturated carbocycles. The first-order chi connectivity index (χ1) is 12.4. The van der Waals surface area contributed by atoms with Crippen LogP contribution in [-0.2, 0) is 14.8 Å². The molecule has 8 heteroatoms. The highest BCUT2D eigenvalue weighted by molar-refractivity contribution is 7.89. The highest BCUT2D eigenvalue weighted by Crippen LogP contribution is 2.25. The number of sulfonamides is 1. The number of amides is 1. The molecule has 0 aliphatic carbocycles. The second kappa shape index (κ2) is 8.02. The van der Waals surface area contributed by atoms with Crippen molar-refractivity contribution in [2.24, 2.45) is 5.92 Å². The number of nitrogens with one attached hydrogen (secondary N) is 2. The average Bonchev–Trinajstić information content (AvgIpc) is 2.64. The maximum Gasteiger partial charge on any atom is 0.245 e. The summed E-state index contributed by atoms with van der Waals surface area (Å²) in [5.74, 6) is -0.948. The van der Waals surface area contributed by atoms with Gasteiger partial charge < -0.3 is 10.6 Å². The summed E-state index contributed by atoms with van der Waals surface area (Å²) >= 11 is 0. The van der Waals surface area contributed by atoms with Gasteiger partial charge >= 0.3 is 0 Å². The van der Waals surface area contributed by atoms with Gasteiger partial charge in [0.2, 0.25) is 15.9 Å². The van der Waals surface area contributed by atoms with Crippen LogP contribution in [0.4, 0.5) is 4.39 Å². The highest BCUT2D eigenvalue weighted by Gasteiger charge is 2.34. The van der Waals surface area contributed by atoms with Crippen LogP contribution in [0.3, 0.4) is 0 Å². The number of rotatable bonds is 4. The summed E-state index contributed by atoms with van der Waals surface area (Å²) in [4.78, 5) is 12.2. The lowest BCUT2D eigenvalue weighted by Crippen LogP contribution is -2.54. The molecule has 3 rings (SSSR count). The molecule has 0 radical (unpaired) electrons. The standard InChI is InChI=1S/C18H26FN3O3S/c1-13-16(6-4-10-20-13)21-18(23)14-8-11-22(12-9-14)26(24,25)17-7-3-2-5-15(17)19/h2-3,5,7,13-14,16,20H,4,6,8-12H2,1H3,(H,21,23). The predicted molar refractivity (Wildman–Crippen MR) is 96.5 cm³/mol. The lowest BCUT2D eigenvalue weighted by molar-refractivity contribution is -0.127. The molecule has 2 unspecified atom stereocenters. The van der Waals surface area contributed by atoms with Crippen LogP contribution in [0, 0.1) is 11.7 Å². The summed E-state index contributed by atoms with van der Waals surface area (Å²) in [5, 5.41) is 6.46. The molecule has 1 aromatic rings. The lowest BCUT2D eigenvalue weighted by Gasteiger charge is -2.34. The third-order valence-corrected chi connectivity index (χ3v) is 7.30. The Morgan fingerprint density at radius 1 is 1.23 bits per heavy atom. The zero-order chi connectivity index (χ0) is 18.7. The van der Waals surface area contributed by atoms with E-state index in [0.29, 0.717) is 12.8 Å². The molecule has 144 valence electrons. The molecule has 1 aromatic carbocycles. The van der Waals surface area contributed by atoms with Crippen molar-refractivity contribution in [1.82, 2.24) is 14.9 Å². The van der Waals surface area contributed by atoms with E-state index in [0.717, 1.165) is 25.5 Å². The molecular weight excluding hydrogens is 357 g/mol. The van der Waals surface area contributed by atoms with E-state index in [1.165, 1.54) is 22.5 Å². The Balaban J connectivity index is 1.58. The maximum atomic E-state index is 13.9. The van der Waals surface area contributed by atoms with Gasteiger partial charge in [0, 0.05) is 31.1 Å². The molecule has 0 bridgehead atoms. The molecule has 0 aromatic heterocycles. The number of carbonyl (C=O) groups excluding carboxylic acids is 1. The summed E-state index contributed by atoms with van der Waals surface area (Å²) in [7, 11) is -3.86. The van der Waals surface area contributed by atoms with Crippen LogP contribution in [0.15, 0.2) is 29.2 Å². The highest BCUT2D eigenvalue weighted by atomic mass is 32.2. The number of carbonyl (C=O) groups is 1. The molecule has 2 saturated heterocycles. The molecular formula is C18H26FN3O3S. The van der Waals surface area contributed by atoms with E-state index in [-0.39, 0.29) is 41.9 Å². The largest absolute Gasteiger partial charge is 0.352 e. The van der Waals surface area contributed by atoms with Crippen LogP contribution in [0.5, 0.6) is 0 Å². The molecule has 2 N–H and O–H groups in total. The third-order valence-electron chi connectivity index (χ3n) is 5.37. The van der Waals surface area contributed by atoms with E-state index in [1.807, 2.05) is 0 Å². The van der Waals surface area contributed by atoms with Gasteiger partial charge in [-0.15, -0.1) is 0 Å². The number of piperidine rings is 2. The van der Waals surface area contributed by atoms with Gasteiger partial charge in [-0.3, -0.25) is 4.79 Å². The Hall–Kier alpha value is -1.51. The van der Waals surface area contributed by atoms with Crippen molar-refractivity contribution < 1.29 is 17.6 Å². The summed E-state index contributed by atoms with van der Waals surface area (Å²) in [6, 6.07) is 5.76. The molecule has 2 fully saturated rings. The van der Waals surface area contributed by atoms with Crippen molar-refractivity contribution in [3.63, 3.8) is 0 Å². The second-order valence-electron chi connectivity index (χ2n) is 7.11. The van der Waals surface area contributed by atoms with E-state index in [2.05, 4.69) is 17.6 Å². The third kappa shape index (κ3) is 4.07. The van der Waals surface area contributed by atoms with Crippen LogP contribution in [-0.4, -0.2) is 50.3 Å². The van der Waals surface area contributed by atoms with E-state index < -0.39 is 15.8 Å². The first-order valence-electron chi connectivity index (χ1n) is 9.18. The van der Waals surface area contributed by atoms with E-state index >= 15 is 0 Å². The van der Waals surface area contributed by atoms with Gasteiger partial charge in [0.1, 0.15) is 10.7 Å². The van der Waals surface area contributed by atoms with Crippen LogP contribution >= 0.6 is 0 Å². The van der Waals surface area contributed by atoms with Gasteiger partial charge in [-0.1, -0.05) is 12.1 Å². The lowest BCUT2D eigenvalue weighted by atomic mass is 9.94. The zero-order valence-corrected chi connectivity index (χ0v) is 15.8. The summed E-state index contributed by atoms with van der Waals surface area (Å²) in [6.45, 7) is 3.49. The molecule has 2 aliphatic heterocycles. The molecule has 26 heavy (non-hydrogen) atoms. The van der Waals surface area contributed by atoms with Gasteiger partial charge in [-0.05, 0) is 51.3 Å². The molecule has 6 nitrogen and oxygen atoms in total. The van der Waals surface area contributed by atoms with Gasteiger partial charge in [-0.25, -0.2) is 12.8 Å². The van der Waals surface area contributed by atoms with Gasteiger partial charge in [0.05, 0.1) is 0 Å². The first kappa shape index (κ1) is 19.3. The monoisotopic (exact) mass is 383 g/mol. The van der Waals surface area contributed by atoms with Gasteiger partial charge in [-0.2, -0.15) is 4.31 Å². The molecule has 0 spiro atoms. The normalized spacial score (nSPS) is 25.8. The number of benzene rings is 1. The number of nitrogens with zero attached hydrogens (tertiary/aromatic N) is 1. The van der Waals surface area contributed by atoms with Crippen LogP contribution < -0.4 is 10.6 Å². The first-order valence-corrected chi connectivity index (χ1v) is 10.6. The minimum absolute atomic E-state index is 0.00603. The molecule has 1 amide bonds. The van der Waals surface area contributed by atoms with Crippen molar-refractivity contribution in [2.75, 3.05) is 19.6 Å². The Morgan fingerprint density at radius 3 is 2.58 bits per heavy atom. The fourth-order valence-corrected chi connectivity index (χ4v) is 5.23. The van der Waals surface area contributed by atoms with E-state index in [9.17, 15) is 17.6 Å². The minimum atomic E-state index is -3.86. The van der Waals surface area contributed by atoms with Crippen molar-refractivity contribution in [3.05, 3.63) is 30.1 Å². The van der Waals surface area contributed by atoms with E-state index in [4.69, 9.17) is 0 Å². The van der Waals surface area contributed by atoms with Crippen LogP contribution in [0.2, 0.25) is 0 Å². The van der Waals surface area contributed by atoms with Crippen molar-refractivity contribution in [3.8, 4) is 0 Å². The Labute approximate surface area is 154 Å². The molecule has 2 atom stereocenters. The number of hydrogen-bond donors (Lipinski definition) is 2. The molecule has 2 heterocycles. The van der Waals surface area contributed by atoms with Crippen molar-refractivity contribution in [1.29, 1.82) is 0 Å². The molecule has 2 aliphatic rings.